The molecular formula is C45H76F14O14S. The van der Waals surface area contributed by atoms with Crippen molar-refractivity contribution in [2.75, 3.05) is 6.61 Å². The molecule has 0 radical (unpaired) electrons. The number of ether oxygens (including phenoxy) is 5. The minimum absolute atomic E-state index is 0. The van der Waals surface area contributed by atoms with E-state index in [1.807, 2.05) is 0 Å². The first kappa shape index (κ1) is 77.2. The lowest BCUT2D eigenvalue weighted by atomic mass is 9.83. The van der Waals surface area contributed by atoms with E-state index in [0.717, 1.165) is 0 Å². The zero-order valence-electron chi connectivity index (χ0n) is 44.0. The van der Waals surface area contributed by atoms with Crippen molar-refractivity contribution in [2.45, 2.75) is 234 Å². The van der Waals surface area contributed by atoms with Gasteiger partial charge in [-0.05, 0) is 109 Å². The normalized spacial score (nSPS) is 20.5. The zero-order valence-corrected chi connectivity index (χ0v) is 44.8. The van der Waals surface area contributed by atoms with Gasteiger partial charge in [0.25, 0.3) is 15.7 Å². The molecule has 3 N–H and O–H groups in total. The van der Waals surface area contributed by atoms with Crippen molar-refractivity contribution in [1.29, 1.82) is 0 Å². The van der Waals surface area contributed by atoms with Crippen LogP contribution in [0.15, 0.2) is 0 Å². The van der Waals surface area contributed by atoms with Gasteiger partial charge >= 0.3 is 60.3 Å². The largest absolute Gasteiger partial charge is 0.462 e. The lowest BCUT2D eigenvalue weighted by molar-refractivity contribution is -0.410. The monoisotopic (exact) mass is 1140 g/mol. The fourth-order valence-corrected chi connectivity index (χ4v) is 5.29. The second kappa shape index (κ2) is 25.9. The average molecular weight is 1140 g/mol. The molecule has 74 heavy (non-hydrogen) atoms. The molecule has 0 aromatic carbocycles. The number of halogens is 14. The van der Waals surface area contributed by atoms with E-state index in [0.29, 0.717) is 40.5 Å². The van der Waals surface area contributed by atoms with Crippen LogP contribution in [0.2, 0.25) is 0 Å². The van der Waals surface area contributed by atoms with E-state index in [2.05, 4.69) is 14.2 Å². The van der Waals surface area contributed by atoms with Crippen LogP contribution < -0.4 is 0 Å². The van der Waals surface area contributed by atoms with E-state index in [4.69, 9.17) is 14.0 Å². The second-order valence-electron chi connectivity index (χ2n) is 20.4. The van der Waals surface area contributed by atoms with E-state index in [1.54, 1.807) is 34.6 Å². The van der Waals surface area contributed by atoms with Gasteiger partial charge in [-0.2, -0.15) is 69.9 Å². The molecule has 1 saturated heterocycles. The van der Waals surface area contributed by atoms with Crippen molar-refractivity contribution in [3.05, 3.63) is 0 Å². The fourth-order valence-electron chi connectivity index (χ4n) is 4.87. The smallest absolute Gasteiger partial charge is 0.462 e. The molecule has 0 spiro atoms. The molecule has 5 unspecified atom stereocenters. The van der Waals surface area contributed by atoms with Crippen LogP contribution >= 0.6 is 0 Å². The Morgan fingerprint density at radius 1 is 0.635 bits per heavy atom. The molecule has 1 aliphatic heterocycles. The SMILES string of the molecule is C.CCC(C)(C)C(=O)OC(C)(C)C(O)(C(F)(F)F)C(F)(F)F.CCC(C)(C)C(=O)OC(C)CC(C)(O)C(F)(F)F.CCC(C)(C)C(=O)OC1(C)COC(OC(=O)C(C)C)(C(F)(F)F)C1(F)F.CCC(C)S(=O)(=O)O. The molecule has 29 heteroatoms. The van der Waals surface area contributed by atoms with E-state index in [-0.39, 0.29) is 20.3 Å². The Balaban J connectivity index is -0.000000465. The Bertz CT molecular complexity index is 1930. The number of rotatable bonds is 16. The minimum Gasteiger partial charge on any atom is -0.462 e. The van der Waals surface area contributed by atoms with E-state index >= 15 is 0 Å². The molecule has 0 aromatic heterocycles. The summed E-state index contributed by atoms with van der Waals surface area (Å²) in [5.41, 5.74) is -17.5. The molecule has 0 aliphatic carbocycles. The summed E-state index contributed by atoms with van der Waals surface area (Å²) >= 11 is 0. The van der Waals surface area contributed by atoms with Crippen LogP contribution in [0, 0.1) is 22.2 Å². The van der Waals surface area contributed by atoms with Crippen molar-refractivity contribution >= 4 is 34.0 Å². The Morgan fingerprint density at radius 2 is 1.00 bits per heavy atom. The number of aliphatic hydroxyl groups is 2. The third-order valence-corrected chi connectivity index (χ3v) is 13.4. The summed E-state index contributed by atoms with van der Waals surface area (Å²) in [7, 11) is -3.75. The van der Waals surface area contributed by atoms with Crippen LogP contribution in [0.4, 0.5) is 61.5 Å². The molecule has 14 nitrogen and oxygen atoms in total. The number of alkyl halides is 14. The van der Waals surface area contributed by atoms with Gasteiger partial charge in [-0.1, -0.05) is 49.0 Å². The highest BCUT2D eigenvalue weighted by molar-refractivity contribution is 7.86. The molecule has 0 aromatic rings. The van der Waals surface area contributed by atoms with E-state index < -0.39 is 139 Å². The van der Waals surface area contributed by atoms with Crippen LogP contribution in [0.25, 0.3) is 0 Å². The minimum atomic E-state index is -6.06. The first-order valence-corrected chi connectivity index (χ1v) is 23.8. The Labute approximate surface area is 424 Å². The first-order chi connectivity index (χ1) is 31.7. The van der Waals surface area contributed by atoms with Gasteiger partial charge in [0.1, 0.15) is 6.10 Å². The van der Waals surface area contributed by atoms with Gasteiger partial charge in [-0.25, -0.2) is 0 Å². The fraction of sp³-hybridized carbons (Fsp3) is 0.911. The molecule has 0 bridgehead atoms. The third-order valence-electron chi connectivity index (χ3n) is 12.1. The van der Waals surface area contributed by atoms with Gasteiger partial charge in [0.05, 0.1) is 34.0 Å². The van der Waals surface area contributed by atoms with Gasteiger partial charge in [0.2, 0.25) is 5.60 Å². The summed E-state index contributed by atoms with van der Waals surface area (Å²) in [5, 5.41) is 17.9. The highest BCUT2D eigenvalue weighted by Gasteiger charge is 2.86. The highest BCUT2D eigenvalue weighted by atomic mass is 32.2. The maximum atomic E-state index is 14.9. The third kappa shape index (κ3) is 18.7. The van der Waals surface area contributed by atoms with E-state index in [1.165, 1.54) is 62.3 Å². The molecule has 5 atom stereocenters. The van der Waals surface area contributed by atoms with Crippen LogP contribution in [-0.4, -0.2) is 124 Å². The van der Waals surface area contributed by atoms with Gasteiger partial charge in [0, 0.05) is 6.42 Å². The maximum Gasteiger partial charge on any atom is 0.462 e. The first-order valence-electron chi connectivity index (χ1n) is 22.3. The number of carbonyl (C=O) groups excluding carboxylic acids is 4. The van der Waals surface area contributed by atoms with Gasteiger partial charge in [-0.15, -0.1) is 0 Å². The van der Waals surface area contributed by atoms with Crippen molar-refractivity contribution in [2.24, 2.45) is 22.2 Å². The Kier molecular flexibility index (Phi) is 27.0. The number of carbonyl (C=O) groups is 4. The van der Waals surface area contributed by atoms with E-state index in [9.17, 15) is 99.3 Å². The van der Waals surface area contributed by atoms with Crippen LogP contribution in [0.3, 0.4) is 0 Å². The molecule has 0 saturated carbocycles. The summed E-state index contributed by atoms with van der Waals surface area (Å²) in [4.78, 5) is 47.2. The maximum absolute atomic E-state index is 14.9. The number of hydrogen-bond donors (Lipinski definition) is 3. The molecule has 1 heterocycles. The van der Waals surface area contributed by atoms with Gasteiger partial charge in [-0.3, -0.25) is 23.7 Å². The standard InChI is InChI=1S/C16H23F5O5.C12H18F6O3.C12H21F3O3.C4H10O3S.CH4/c1-7-12(4,5)11(23)26-13(6)8-24-15(14(13,17)18,16(19,20)21)25-10(22)9(2)3;1-6-8(2,3)7(19)21-9(4,5)10(20,11(13,14)15)12(16,17)18;1-6-10(3,4)9(16)18-8(2)7-11(5,17)12(13,14)15;1-3-4(2)8(5,6)7;/h9H,7-8H2,1-6H3;20H,6H2,1-5H3;8,17H,6-7H2,1-5H3;4H,3H2,1-2H3,(H,5,6,7);1H4. The highest BCUT2D eigenvalue weighted by Crippen LogP contribution is 2.57. The second-order valence-corrected chi connectivity index (χ2v) is 22.3. The van der Waals surface area contributed by atoms with Crippen molar-refractivity contribution in [1.82, 2.24) is 0 Å². The molecule has 0 amide bonds. The summed E-state index contributed by atoms with van der Waals surface area (Å²) < 4.78 is 235. The summed E-state index contributed by atoms with van der Waals surface area (Å²) in [5.74, 6) is -15.0. The van der Waals surface area contributed by atoms with Crippen molar-refractivity contribution in [3.8, 4) is 0 Å². The molecule has 1 fully saturated rings. The summed E-state index contributed by atoms with van der Waals surface area (Å²) in [6, 6.07) is 0. The number of hydrogen-bond acceptors (Lipinski definition) is 13. The predicted octanol–water partition coefficient (Wildman–Crippen LogP) is 11.8. The van der Waals surface area contributed by atoms with Crippen LogP contribution in [0.1, 0.15) is 164 Å². The van der Waals surface area contributed by atoms with Gasteiger partial charge in [0.15, 0.2) is 11.2 Å². The Hall–Kier alpha value is -3.31. The zero-order chi connectivity index (χ0) is 59.8. The molecule has 1 aliphatic rings. The van der Waals surface area contributed by atoms with Gasteiger partial charge < -0.3 is 33.9 Å². The van der Waals surface area contributed by atoms with Crippen molar-refractivity contribution < 1.29 is 128 Å². The number of esters is 4. The summed E-state index contributed by atoms with van der Waals surface area (Å²) in [6.45, 7) is 21.3. The predicted molar refractivity (Wildman–Crippen MR) is 239 cm³/mol. The molecular weight excluding hydrogens is 1060 g/mol. The lowest BCUT2D eigenvalue weighted by Crippen LogP contribution is -2.70. The van der Waals surface area contributed by atoms with Crippen LogP contribution in [-0.2, 0) is 53.0 Å². The Morgan fingerprint density at radius 3 is 1.28 bits per heavy atom. The van der Waals surface area contributed by atoms with Crippen molar-refractivity contribution in [3.63, 3.8) is 0 Å². The topological polar surface area (TPSA) is 209 Å². The molecule has 1 rings (SSSR count). The lowest BCUT2D eigenvalue weighted by Gasteiger charge is -2.44. The average Bonchev–Trinajstić information content (AvgIpc) is 3.39. The molecule has 444 valence electrons. The quantitative estimate of drug-likeness (QED) is 0.0569. The summed E-state index contributed by atoms with van der Waals surface area (Å²) in [6.07, 6.45) is -23.0. The van der Waals surface area contributed by atoms with Crippen LogP contribution in [0.5, 0.6) is 0 Å².